The van der Waals surface area contributed by atoms with Crippen molar-refractivity contribution in [2.75, 3.05) is 7.05 Å². The molecule has 76 valence electrons. The van der Waals surface area contributed by atoms with Crippen LogP contribution in [-0.4, -0.2) is 33.9 Å². The van der Waals surface area contributed by atoms with Crippen LogP contribution in [0.3, 0.4) is 0 Å². The average molecular weight is 194 g/mol. The summed E-state index contributed by atoms with van der Waals surface area (Å²) in [6, 6.07) is -0.475. The van der Waals surface area contributed by atoms with E-state index in [0.29, 0.717) is 6.54 Å². The highest BCUT2D eigenvalue weighted by atomic mass is 16.2. The highest BCUT2D eigenvalue weighted by Gasteiger charge is 2.13. The molecule has 0 bridgehead atoms. The van der Waals surface area contributed by atoms with Crippen LogP contribution < -0.4 is 5.73 Å². The minimum Gasteiger partial charge on any atom is -0.338 e. The third kappa shape index (κ3) is 2.77. The number of nitrogens with two attached hydrogens (primary N) is 1. The maximum atomic E-state index is 11.4. The molecule has 0 radical (unpaired) electrons. The third-order valence-corrected chi connectivity index (χ3v) is 1.78. The number of hydrogen-bond acceptors (Lipinski definition) is 4. The summed E-state index contributed by atoms with van der Waals surface area (Å²) in [4.78, 5) is 20.9. The standard InChI is InChI=1S/C9H14N4O/c1-7(10)9(14)13(2)6-8-5-11-3-4-12-8/h3-5,7H,6,10H2,1-2H3. The van der Waals surface area contributed by atoms with E-state index in [0.717, 1.165) is 5.69 Å². The fourth-order valence-corrected chi connectivity index (χ4v) is 1.08. The van der Waals surface area contributed by atoms with Crippen LogP contribution in [0.15, 0.2) is 18.6 Å². The van der Waals surface area contributed by atoms with Crippen molar-refractivity contribution in [2.45, 2.75) is 19.5 Å². The first-order chi connectivity index (χ1) is 6.61. The van der Waals surface area contributed by atoms with Crippen molar-refractivity contribution in [3.63, 3.8) is 0 Å². The molecule has 0 aromatic carbocycles. The van der Waals surface area contributed by atoms with E-state index >= 15 is 0 Å². The predicted octanol–water partition coefficient (Wildman–Crippen LogP) is -0.218. The van der Waals surface area contributed by atoms with Crippen LogP contribution in [0.4, 0.5) is 0 Å². The normalized spacial score (nSPS) is 12.2. The quantitative estimate of drug-likeness (QED) is 0.722. The molecule has 0 spiro atoms. The van der Waals surface area contributed by atoms with Gasteiger partial charge in [0.2, 0.25) is 5.91 Å². The van der Waals surface area contributed by atoms with Crippen molar-refractivity contribution in [3.8, 4) is 0 Å². The Kier molecular flexibility index (Phi) is 3.53. The summed E-state index contributed by atoms with van der Waals surface area (Å²) < 4.78 is 0. The number of nitrogens with zero attached hydrogens (tertiary/aromatic N) is 3. The maximum absolute atomic E-state index is 11.4. The molecule has 0 saturated heterocycles. The number of aromatic nitrogens is 2. The van der Waals surface area contributed by atoms with Gasteiger partial charge < -0.3 is 10.6 Å². The molecule has 5 heteroatoms. The SMILES string of the molecule is CC(N)C(=O)N(C)Cc1cnccn1. The Hall–Kier alpha value is -1.49. The molecule has 0 saturated carbocycles. The molecule has 1 unspecified atom stereocenters. The molecule has 14 heavy (non-hydrogen) atoms. The van der Waals surface area contributed by atoms with Gasteiger partial charge in [0.25, 0.3) is 0 Å². The zero-order valence-electron chi connectivity index (χ0n) is 8.34. The first-order valence-corrected chi connectivity index (χ1v) is 4.36. The van der Waals surface area contributed by atoms with Gasteiger partial charge in [-0.05, 0) is 6.92 Å². The Morgan fingerprint density at radius 1 is 1.64 bits per heavy atom. The van der Waals surface area contributed by atoms with Crippen LogP contribution in [0.1, 0.15) is 12.6 Å². The van der Waals surface area contributed by atoms with Crippen LogP contribution in [0.25, 0.3) is 0 Å². The zero-order valence-corrected chi connectivity index (χ0v) is 8.34. The summed E-state index contributed by atoms with van der Waals surface area (Å²) in [6.07, 6.45) is 4.82. The Bertz CT molecular complexity index is 299. The largest absolute Gasteiger partial charge is 0.338 e. The van der Waals surface area contributed by atoms with Gasteiger partial charge in [-0.3, -0.25) is 14.8 Å². The molecule has 1 heterocycles. The summed E-state index contributed by atoms with van der Waals surface area (Å²) in [5.74, 6) is -0.101. The molecule has 1 rings (SSSR count). The van der Waals surface area contributed by atoms with Crippen molar-refractivity contribution < 1.29 is 4.79 Å². The number of likely N-dealkylation sites (N-methyl/N-ethyl adjacent to an activating group) is 1. The zero-order chi connectivity index (χ0) is 10.6. The van der Waals surface area contributed by atoms with Gasteiger partial charge in [0.1, 0.15) is 0 Å². The van der Waals surface area contributed by atoms with Crippen molar-refractivity contribution in [2.24, 2.45) is 5.73 Å². The van der Waals surface area contributed by atoms with Crippen molar-refractivity contribution in [1.82, 2.24) is 14.9 Å². The lowest BCUT2D eigenvalue weighted by Gasteiger charge is -2.18. The molecule has 1 aromatic rings. The van der Waals surface area contributed by atoms with Gasteiger partial charge in [-0.15, -0.1) is 0 Å². The van der Waals surface area contributed by atoms with Crippen LogP contribution in [0.5, 0.6) is 0 Å². The van der Waals surface area contributed by atoms with Gasteiger partial charge >= 0.3 is 0 Å². The molecule has 0 fully saturated rings. The molecular weight excluding hydrogens is 180 g/mol. The lowest BCUT2D eigenvalue weighted by Crippen LogP contribution is -2.39. The van der Waals surface area contributed by atoms with E-state index in [4.69, 9.17) is 5.73 Å². The second kappa shape index (κ2) is 4.66. The van der Waals surface area contributed by atoms with E-state index in [1.165, 1.54) is 4.90 Å². The van der Waals surface area contributed by atoms with E-state index in [1.807, 2.05) is 0 Å². The summed E-state index contributed by atoms with van der Waals surface area (Å²) in [5, 5.41) is 0. The minimum absolute atomic E-state index is 0.101. The van der Waals surface area contributed by atoms with Crippen molar-refractivity contribution in [1.29, 1.82) is 0 Å². The van der Waals surface area contributed by atoms with Gasteiger partial charge in [0.05, 0.1) is 24.5 Å². The molecule has 2 N–H and O–H groups in total. The molecule has 1 atom stereocenters. The molecule has 1 aromatic heterocycles. The maximum Gasteiger partial charge on any atom is 0.239 e. The first kappa shape index (κ1) is 10.6. The van der Waals surface area contributed by atoms with Crippen molar-refractivity contribution in [3.05, 3.63) is 24.3 Å². The van der Waals surface area contributed by atoms with Gasteiger partial charge in [-0.25, -0.2) is 0 Å². The second-order valence-corrected chi connectivity index (χ2v) is 3.18. The van der Waals surface area contributed by atoms with Crippen LogP contribution >= 0.6 is 0 Å². The topological polar surface area (TPSA) is 72.1 Å². The lowest BCUT2D eigenvalue weighted by atomic mass is 10.3. The monoisotopic (exact) mass is 194 g/mol. The Balaban J connectivity index is 2.57. The van der Waals surface area contributed by atoms with E-state index in [2.05, 4.69) is 9.97 Å². The minimum atomic E-state index is -0.475. The summed E-state index contributed by atoms with van der Waals surface area (Å²) in [7, 11) is 1.69. The Labute approximate surface area is 83.0 Å². The highest BCUT2D eigenvalue weighted by Crippen LogP contribution is 1.98. The van der Waals surface area contributed by atoms with E-state index in [9.17, 15) is 4.79 Å². The van der Waals surface area contributed by atoms with Crippen LogP contribution in [0.2, 0.25) is 0 Å². The van der Waals surface area contributed by atoms with Crippen molar-refractivity contribution >= 4 is 5.91 Å². The number of rotatable bonds is 3. The first-order valence-electron chi connectivity index (χ1n) is 4.36. The fraction of sp³-hybridized carbons (Fsp3) is 0.444. The number of carbonyl (C=O) groups excluding carboxylic acids is 1. The number of amides is 1. The van der Waals surface area contributed by atoms with Gasteiger partial charge in [0.15, 0.2) is 0 Å². The third-order valence-electron chi connectivity index (χ3n) is 1.78. The van der Waals surface area contributed by atoms with Crippen LogP contribution in [0, 0.1) is 0 Å². The molecule has 1 amide bonds. The van der Waals surface area contributed by atoms with Crippen LogP contribution in [-0.2, 0) is 11.3 Å². The second-order valence-electron chi connectivity index (χ2n) is 3.18. The molecule has 5 nitrogen and oxygen atoms in total. The van der Waals surface area contributed by atoms with Gasteiger partial charge in [-0.1, -0.05) is 0 Å². The van der Waals surface area contributed by atoms with Gasteiger partial charge in [0, 0.05) is 19.4 Å². The van der Waals surface area contributed by atoms with E-state index in [-0.39, 0.29) is 5.91 Å². The number of carbonyl (C=O) groups is 1. The Morgan fingerprint density at radius 2 is 2.36 bits per heavy atom. The Morgan fingerprint density at radius 3 is 2.86 bits per heavy atom. The number of hydrogen-bond donors (Lipinski definition) is 1. The summed E-state index contributed by atoms with van der Waals surface area (Å²) >= 11 is 0. The predicted molar refractivity (Wildman–Crippen MR) is 52.2 cm³/mol. The summed E-state index contributed by atoms with van der Waals surface area (Å²) in [5.41, 5.74) is 6.22. The molecule has 0 aliphatic carbocycles. The average Bonchev–Trinajstić information content (AvgIpc) is 2.18. The molecular formula is C9H14N4O. The fourth-order valence-electron chi connectivity index (χ4n) is 1.08. The smallest absolute Gasteiger partial charge is 0.239 e. The van der Waals surface area contributed by atoms with Gasteiger partial charge in [-0.2, -0.15) is 0 Å². The summed E-state index contributed by atoms with van der Waals surface area (Å²) in [6.45, 7) is 2.10. The molecule has 0 aliphatic heterocycles. The van der Waals surface area contributed by atoms with E-state index in [1.54, 1.807) is 32.6 Å². The van der Waals surface area contributed by atoms with E-state index < -0.39 is 6.04 Å². The lowest BCUT2D eigenvalue weighted by molar-refractivity contribution is -0.131. The molecule has 0 aliphatic rings. The highest BCUT2D eigenvalue weighted by molar-refractivity contribution is 5.80.